The van der Waals surface area contributed by atoms with Gasteiger partial charge in [-0.05, 0) is 26.2 Å². The van der Waals surface area contributed by atoms with Crippen molar-refractivity contribution < 1.29 is 9.90 Å². The normalized spacial score (nSPS) is 19.4. The van der Waals surface area contributed by atoms with E-state index in [9.17, 15) is 9.90 Å². The van der Waals surface area contributed by atoms with Crippen LogP contribution in [0.2, 0.25) is 0 Å². The second-order valence-electron chi connectivity index (χ2n) is 4.59. The molecule has 1 unspecified atom stereocenters. The van der Waals surface area contributed by atoms with Crippen LogP contribution in [0.4, 0.5) is 0 Å². The first-order chi connectivity index (χ1) is 7.53. The minimum absolute atomic E-state index is 0.248. The zero-order valence-electron chi connectivity index (χ0n) is 9.90. The number of aromatic nitrogens is 3. The molecule has 1 aromatic heterocycles. The van der Waals surface area contributed by atoms with Crippen LogP contribution in [0.1, 0.15) is 50.7 Å². The summed E-state index contributed by atoms with van der Waals surface area (Å²) in [6.07, 6.45) is 2.31. The first kappa shape index (κ1) is 11.1. The van der Waals surface area contributed by atoms with Crippen molar-refractivity contribution in [2.75, 3.05) is 0 Å². The van der Waals surface area contributed by atoms with E-state index >= 15 is 0 Å². The summed E-state index contributed by atoms with van der Waals surface area (Å²) in [4.78, 5) is 11.3. The maximum Gasteiger partial charge on any atom is 0.329 e. The van der Waals surface area contributed by atoms with E-state index in [4.69, 9.17) is 0 Å². The van der Waals surface area contributed by atoms with Crippen molar-refractivity contribution in [2.45, 2.75) is 51.5 Å². The molecule has 1 atom stereocenters. The lowest BCUT2D eigenvalue weighted by Gasteiger charge is -2.18. The maximum absolute atomic E-state index is 11.3. The van der Waals surface area contributed by atoms with Crippen molar-refractivity contribution >= 4 is 5.97 Å². The van der Waals surface area contributed by atoms with Gasteiger partial charge in [-0.2, -0.15) is 0 Å². The Morgan fingerprint density at radius 2 is 2.19 bits per heavy atom. The average molecular weight is 223 g/mol. The van der Waals surface area contributed by atoms with Gasteiger partial charge in [0, 0.05) is 5.92 Å². The molecule has 16 heavy (non-hydrogen) atoms. The molecule has 88 valence electrons. The molecule has 0 aliphatic heterocycles. The van der Waals surface area contributed by atoms with Crippen LogP contribution in [0.25, 0.3) is 0 Å². The fraction of sp³-hybridized carbons (Fsp3) is 0.727. The van der Waals surface area contributed by atoms with Gasteiger partial charge in [0.2, 0.25) is 0 Å². The third kappa shape index (κ3) is 1.42. The van der Waals surface area contributed by atoms with E-state index in [0.717, 1.165) is 12.2 Å². The molecule has 0 saturated heterocycles. The Hall–Kier alpha value is -1.39. The van der Waals surface area contributed by atoms with Crippen molar-refractivity contribution in [3.8, 4) is 0 Å². The first-order valence-corrected chi connectivity index (χ1v) is 5.68. The monoisotopic (exact) mass is 223 g/mol. The molecule has 2 rings (SSSR count). The van der Waals surface area contributed by atoms with Crippen molar-refractivity contribution in [1.29, 1.82) is 0 Å². The van der Waals surface area contributed by atoms with E-state index in [1.165, 1.54) is 0 Å². The van der Waals surface area contributed by atoms with Crippen LogP contribution >= 0.6 is 0 Å². The van der Waals surface area contributed by atoms with Gasteiger partial charge in [-0.1, -0.05) is 13.8 Å². The topological polar surface area (TPSA) is 68.0 Å². The fourth-order valence-corrected chi connectivity index (χ4v) is 2.06. The van der Waals surface area contributed by atoms with Crippen LogP contribution in [0.5, 0.6) is 0 Å². The van der Waals surface area contributed by atoms with Crippen molar-refractivity contribution in [3.63, 3.8) is 0 Å². The Labute approximate surface area is 94.5 Å². The molecule has 5 nitrogen and oxygen atoms in total. The number of hydrogen-bond donors (Lipinski definition) is 1. The smallest absolute Gasteiger partial charge is 0.329 e. The number of nitrogens with zero attached hydrogens (tertiary/aromatic N) is 3. The summed E-state index contributed by atoms with van der Waals surface area (Å²) < 4.78 is 1.82. The summed E-state index contributed by atoms with van der Waals surface area (Å²) in [5.74, 6) is 0.994. The van der Waals surface area contributed by atoms with Gasteiger partial charge in [0.05, 0.1) is 0 Å². The van der Waals surface area contributed by atoms with Gasteiger partial charge in [-0.3, -0.25) is 4.57 Å². The molecule has 0 amide bonds. The summed E-state index contributed by atoms with van der Waals surface area (Å²) >= 11 is 0. The molecule has 1 heterocycles. The number of aliphatic carboxylic acids is 1. The SMILES string of the molecule is CCC(C)c1nnc(C)n1C1(C(=O)O)CC1. The van der Waals surface area contributed by atoms with E-state index < -0.39 is 11.5 Å². The molecule has 1 aliphatic rings. The highest BCUT2D eigenvalue weighted by atomic mass is 16.4. The summed E-state index contributed by atoms with van der Waals surface area (Å²) in [7, 11) is 0. The van der Waals surface area contributed by atoms with Crippen molar-refractivity contribution in [1.82, 2.24) is 14.8 Å². The minimum atomic E-state index is -0.764. The maximum atomic E-state index is 11.3. The second kappa shape index (κ2) is 3.57. The van der Waals surface area contributed by atoms with Crippen LogP contribution in [0, 0.1) is 6.92 Å². The number of carboxylic acids is 1. The first-order valence-electron chi connectivity index (χ1n) is 5.68. The highest BCUT2D eigenvalue weighted by molar-refractivity contribution is 5.80. The predicted molar refractivity (Wildman–Crippen MR) is 58.3 cm³/mol. The zero-order chi connectivity index (χ0) is 11.9. The number of carbonyl (C=O) groups is 1. The van der Waals surface area contributed by atoms with Gasteiger partial charge < -0.3 is 5.11 Å². The summed E-state index contributed by atoms with van der Waals surface area (Å²) in [6, 6.07) is 0. The Balaban J connectivity index is 2.48. The van der Waals surface area contributed by atoms with Crippen LogP contribution in [-0.2, 0) is 10.3 Å². The molecule has 1 fully saturated rings. The van der Waals surface area contributed by atoms with Crippen LogP contribution < -0.4 is 0 Å². The van der Waals surface area contributed by atoms with Crippen LogP contribution in [0.15, 0.2) is 0 Å². The largest absolute Gasteiger partial charge is 0.479 e. The van der Waals surface area contributed by atoms with Gasteiger partial charge in [0.25, 0.3) is 0 Å². The standard InChI is InChI=1S/C11H17N3O2/c1-4-7(2)9-13-12-8(3)14(9)11(5-6-11)10(15)16/h7H,4-6H2,1-3H3,(H,15,16). The van der Waals surface area contributed by atoms with E-state index in [-0.39, 0.29) is 5.92 Å². The minimum Gasteiger partial charge on any atom is -0.479 e. The molecule has 0 aromatic carbocycles. The molecule has 1 aromatic rings. The summed E-state index contributed by atoms with van der Waals surface area (Å²) in [6.45, 7) is 5.94. The van der Waals surface area contributed by atoms with Gasteiger partial charge in [0.15, 0.2) is 0 Å². The number of carboxylic acid groups (broad SMARTS) is 1. The third-order valence-electron chi connectivity index (χ3n) is 3.45. The molecular formula is C11H17N3O2. The quantitative estimate of drug-likeness (QED) is 0.843. The highest BCUT2D eigenvalue weighted by Crippen LogP contribution is 2.46. The lowest BCUT2D eigenvalue weighted by molar-refractivity contribution is -0.142. The summed E-state index contributed by atoms with van der Waals surface area (Å²) in [5.41, 5.74) is -0.758. The molecular weight excluding hydrogens is 206 g/mol. The Bertz CT molecular complexity index is 421. The zero-order valence-corrected chi connectivity index (χ0v) is 9.90. The van der Waals surface area contributed by atoms with Gasteiger partial charge >= 0.3 is 5.97 Å². The molecule has 1 saturated carbocycles. The van der Waals surface area contributed by atoms with Crippen molar-refractivity contribution in [2.24, 2.45) is 0 Å². The lowest BCUT2D eigenvalue weighted by atomic mass is 10.1. The molecule has 0 spiro atoms. The Morgan fingerprint density at radius 1 is 1.56 bits per heavy atom. The number of rotatable bonds is 4. The van der Waals surface area contributed by atoms with Gasteiger partial charge in [-0.15, -0.1) is 10.2 Å². The van der Waals surface area contributed by atoms with E-state index in [2.05, 4.69) is 24.0 Å². The highest BCUT2D eigenvalue weighted by Gasteiger charge is 2.54. The number of aryl methyl sites for hydroxylation is 1. The number of hydrogen-bond acceptors (Lipinski definition) is 3. The Morgan fingerprint density at radius 3 is 2.62 bits per heavy atom. The van der Waals surface area contributed by atoms with Crippen LogP contribution in [0.3, 0.4) is 0 Å². The molecule has 5 heteroatoms. The van der Waals surface area contributed by atoms with Crippen LogP contribution in [-0.4, -0.2) is 25.8 Å². The van der Waals surface area contributed by atoms with Crippen molar-refractivity contribution in [3.05, 3.63) is 11.6 Å². The van der Waals surface area contributed by atoms with E-state index in [0.29, 0.717) is 18.7 Å². The average Bonchev–Trinajstić information content (AvgIpc) is 2.96. The molecule has 1 aliphatic carbocycles. The molecule has 0 bridgehead atoms. The fourth-order valence-electron chi connectivity index (χ4n) is 2.06. The van der Waals surface area contributed by atoms with Gasteiger partial charge in [-0.25, -0.2) is 4.79 Å². The second-order valence-corrected chi connectivity index (χ2v) is 4.59. The molecule has 0 radical (unpaired) electrons. The third-order valence-corrected chi connectivity index (χ3v) is 3.45. The van der Waals surface area contributed by atoms with E-state index in [1.807, 2.05) is 11.5 Å². The summed E-state index contributed by atoms with van der Waals surface area (Å²) in [5, 5.41) is 17.5. The lowest BCUT2D eigenvalue weighted by Crippen LogP contribution is -2.30. The van der Waals surface area contributed by atoms with E-state index in [1.54, 1.807) is 0 Å². The van der Waals surface area contributed by atoms with Gasteiger partial charge in [0.1, 0.15) is 17.2 Å². The predicted octanol–water partition coefficient (Wildman–Crippen LogP) is 1.67. The Kier molecular flexibility index (Phi) is 2.48. The molecule has 1 N–H and O–H groups in total.